The van der Waals surface area contributed by atoms with E-state index in [2.05, 4.69) is 5.32 Å². The molecule has 178 valence electrons. The van der Waals surface area contributed by atoms with E-state index >= 15 is 0 Å². The van der Waals surface area contributed by atoms with E-state index in [-0.39, 0.29) is 12.6 Å². The Morgan fingerprint density at radius 3 is 1.63 bits per heavy atom. The molecule has 0 rings (SSSR count). The van der Waals surface area contributed by atoms with Crippen LogP contribution in [0, 0.1) is 0 Å². The molecule has 0 heterocycles. The number of hydrogen-bond acceptors (Lipinski definition) is 9. The molecule has 0 aromatic heterocycles. The van der Waals surface area contributed by atoms with Gasteiger partial charge < -0.3 is 38.5 Å². The first kappa shape index (κ1) is 28.5. The highest BCUT2D eigenvalue weighted by Gasteiger charge is 2.15. The molecule has 1 N–H and O–H groups in total. The first-order valence-electron chi connectivity index (χ1n) is 10.4. The van der Waals surface area contributed by atoms with Crippen molar-refractivity contribution in [3.05, 3.63) is 0 Å². The van der Waals surface area contributed by atoms with Crippen molar-refractivity contribution in [3.63, 3.8) is 0 Å². The second-order valence-corrected chi connectivity index (χ2v) is 7.15. The molecule has 0 bridgehead atoms. The molecule has 0 aromatic rings. The number of nitrogens with one attached hydrogen (secondary N) is 1. The number of carbonyl (C=O) groups excluding carboxylic acids is 2. The van der Waals surface area contributed by atoms with Gasteiger partial charge in [0.25, 0.3) is 0 Å². The maximum Gasteiger partial charge on any atom is 0.407 e. The predicted molar refractivity (Wildman–Crippen MR) is 110 cm³/mol. The lowest BCUT2D eigenvalue weighted by Crippen LogP contribution is -2.34. The minimum Gasteiger partial charge on any atom is -0.464 e. The summed E-state index contributed by atoms with van der Waals surface area (Å²) in [5.74, 6) is -0.358. The van der Waals surface area contributed by atoms with Gasteiger partial charge in [-0.15, -0.1) is 0 Å². The van der Waals surface area contributed by atoms with Crippen molar-refractivity contribution >= 4 is 12.1 Å². The summed E-state index contributed by atoms with van der Waals surface area (Å²) in [5.41, 5.74) is -0.508. The summed E-state index contributed by atoms with van der Waals surface area (Å²) in [4.78, 5) is 22.6. The van der Waals surface area contributed by atoms with Crippen LogP contribution in [0.1, 0.15) is 34.1 Å². The van der Waals surface area contributed by atoms with Crippen molar-refractivity contribution in [2.45, 2.75) is 39.7 Å². The van der Waals surface area contributed by atoms with Crippen LogP contribution in [0.4, 0.5) is 4.79 Å². The van der Waals surface area contributed by atoms with Crippen LogP contribution in [0.3, 0.4) is 0 Å². The fourth-order valence-electron chi connectivity index (χ4n) is 1.83. The minimum atomic E-state index is -0.508. The number of ether oxygens (including phenoxy) is 7. The van der Waals surface area contributed by atoms with Crippen molar-refractivity contribution in [3.8, 4) is 0 Å². The number of amides is 1. The molecule has 0 aliphatic heterocycles. The number of carbonyl (C=O) groups is 2. The van der Waals surface area contributed by atoms with E-state index in [0.29, 0.717) is 72.6 Å². The Hall–Kier alpha value is -1.46. The Balaban J connectivity index is 3.18. The Morgan fingerprint density at radius 2 is 1.17 bits per heavy atom. The highest BCUT2D eigenvalue weighted by Crippen LogP contribution is 2.05. The van der Waals surface area contributed by atoms with Crippen molar-refractivity contribution < 1.29 is 42.7 Å². The van der Waals surface area contributed by atoms with Gasteiger partial charge in [-0.1, -0.05) is 6.92 Å². The third-order valence-corrected chi connectivity index (χ3v) is 3.09. The van der Waals surface area contributed by atoms with Gasteiger partial charge in [-0.2, -0.15) is 0 Å². The summed E-state index contributed by atoms with van der Waals surface area (Å²) < 4.78 is 36.5. The molecule has 0 atom stereocenters. The summed E-state index contributed by atoms with van der Waals surface area (Å²) in [6.07, 6.45) is 0.339. The third kappa shape index (κ3) is 22.8. The molecule has 0 unspecified atom stereocenters. The van der Waals surface area contributed by atoms with Crippen molar-refractivity contribution in [2.75, 3.05) is 79.2 Å². The average Bonchev–Trinajstić information content (AvgIpc) is 2.67. The van der Waals surface area contributed by atoms with Crippen LogP contribution in [0.5, 0.6) is 0 Å². The fourth-order valence-corrected chi connectivity index (χ4v) is 1.83. The average molecular weight is 438 g/mol. The zero-order valence-corrected chi connectivity index (χ0v) is 18.9. The predicted octanol–water partition coefficient (Wildman–Crippen LogP) is 1.55. The van der Waals surface area contributed by atoms with Gasteiger partial charge in [0.05, 0.1) is 66.1 Å². The van der Waals surface area contributed by atoms with Crippen LogP contribution >= 0.6 is 0 Å². The van der Waals surface area contributed by atoms with Crippen LogP contribution < -0.4 is 5.32 Å². The molecule has 1 amide bonds. The molecule has 10 nitrogen and oxygen atoms in total. The van der Waals surface area contributed by atoms with E-state index in [4.69, 9.17) is 33.2 Å². The van der Waals surface area contributed by atoms with E-state index in [1.54, 1.807) is 0 Å². The molecular formula is C20H39NO9. The Bertz CT molecular complexity index is 427. The summed E-state index contributed by atoms with van der Waals surface area (Å²) >= 11 is 0. The lowest BCUT2D eigenvalue weighted by molar-refractivity contribution is -0.149. The van der Waals surface area contributed by atoms with Crippen molar-refractivity contribution in [1.29, 1.82) is 0 Å². The maximum absolute atomic E-state index is 11.4. The lowest BCUT2D eigenvalue weighted by atomic mass is 10.2. The molecule has 10 heteroatoms. The number of hydrogen-bond donors (Lipinski definition) is 1. The SMILES string of the molecule is CCCOC(=O)COCCOCCOCCOCCOCCNC(=O)OC(C)(C)C. The highest BCUT2D eigenvalue weighted by atomic mass is 16.6. The molecule has 0 saturated carbocycles. The van der Waals surface area contributed by atoms with Crippen LogP contribution in [0.2, 0.25) is 0 Å². The number of rotatable bonds is 19. The molecule has 0 fully saturated rings. The monoisotopic (exact) mass is 437 g/mol. The highest BCUT2D eigenvalue weighted by molar-refractivity contribution is 5.70. The van der Waals surface area contributed by atoms with Gasteiger partial charge in [0.2, 0.25) is 0 Å². The molecule has 0 aromatic carbocycles. The molecule has 0 spiro atoms. The van der Waals surface area contributed by atoms with E-state index in [1.165, 1.54) is 0 Å². The Labute approximate surface area is 179 Å². The molecule has 0 aliphatic rings. The van der Waals surface area contributed by atoms with Crippen molar-refractivity contribution in [2.24, 2.45) is 0 Å². The topological polar surface area (TPSA) is 111 Å². The molecule has 30 heavy (non-hydrogen) atoms. The van der Waals surface area contributed by atoms with Crippen molar-refractivity contribution in [1.82, 2.24) is 5.32 Å². The van der Waals surface area contributed by atoms with E-state index in [1.807, 2.05) is 27.7 Å². The zero-order chi connectivity index (χ0) is 22.5. The standard InChI is InChI=1S/C20H39NO9/c1-5-7-29-18(22)17-28-16-15-27-14-13-26-12-11-25-10-9-24-8-6-21-19(23)30-20(2,3)4/h5-17H2,1-4H3,(H,21,23). The maximum atomic E-state index is 11.4. The van der Waals surface area contributed by atoms with Gasteiger partial charge in [-0.3, -0.25) is 0 Å². The molecule has 0 aliphatic carbocycles. The summed E-state index contributed by atoms with van der Waals surface area (Å²) in [6, 6.07) is 0. The second kappa shape index (κ2) is 19.5. The fraction of sp³-hybridized carbons (Fsp3) is 0.900. The molecular weight excluding hydrogens is 398 g/mol. The van der Waals surface area contributed by atoms with E-state index in [0.717, 1.165) is 6.42 Å². The third-order valence-electron chi connectivity index (χ3n) is 3.09. The van der Waals surface area contributed by atoms with Gasteiger partial charge in [-0.05, 0) is 27.2 Å². The van der Waals surface area contributed by atoms with Gasteiger partial charge in [0.15, 0.2) is 0 Å². The van der Waals surface area contributed by atoms with E-state index < -0.39 is 11.7 Å². The minimum absolute atomic E-state index is 0.0544. The Morgan fingerprint density at radius 1 is 0.700 bits per heavy atom. The second-order valence-electron chi connectivity index (χ2n) is 7.15. The summed E-state index contributed by atoms with van der Waals surface area (Å²) in [7, 11) is 0. The first-order valence-corrected chi connectivity index (χ1v) is 10.4. The normalized spacial score (nSPS) is 11.3. The van der Waals surface area contributed by atoms with Crippen LogP contribution in [0.25, 0.3) is 0 Å². The van der Waals surface area contributed by atoms with Gasteiger partial charge in [0.1, 0.15) is 12.2 Å². The zero-order valence-electron chi connectivity index (χ0n) is 18.9. The van der Waals surface area contributed by atoms with Crippen LogP contribution in [-0.4, -0.2) is 96.9 Å². The Kier molecular flexibility index (Phi) is 18.6. The quantitative estimate of drug-likeness (QED) is 0.238. The van der Waals surface area contributed by atoms with Crippen LogP contribution in [0.15, 0.2) is 0 Å². The number of alkyl carbamates (subject to hydrolysis) is 1. The lowest BCUT2D eigenvalue weighted by Gasteiger charge is -2.19. The van der Waals surface area contributed by atoms with Gasteiger partial charge in [-0.25, -0.2) is 9.59 Å². The number of esters is 1. The van der Waals surface area contributed by atoms with E-state index in [9.17, 15) is 9.59 Å². The van der Waals surface area contributed by atoms with Crippen LogP contribution in [-0.2, 0) is 38.0 Å². The van der Waals surface area contributed by atoms with Gasteiger partial charge >= 0.3 is 12.1 Å². The van der Waals surface area contributed by atoms with Gasteiger partial charge in [0, 0.05) is 6.54 Å². The largest absolute Gasteiger partial charge is 0.464 e. The summed E-state index contributed by atoms with van der Waals surface area (Å²) in [5, 5.41) is 2.61. The molecule has 0 radical (unpaired) electrons. The smallest absolute Gasteiger partial charge is 0.407 e. The summed E-state index contributed by atoms with van der Waals surface area (Å²) in [6.45, 7) is 11.9. The molecule has 0 saturated heterocycles. The first-order chi connectivity index (χ1) is 14.3.